The van der Waals surface area contributed by atoms with E-state index in [2.05, 4.69) is 17.2 Å². The van der Waals surface area contributed by atoms with Crippen LogP contribution in [0.5, 0.6) is 0 Å². The molecule has 0 aliphatic heterocycles. The van der Waals surface area contributed by atoms with Gasteiger partial charge in [0, 0.05) is 18.5 Å². The van der Waals surface area contributed by atoms with Crippen LogP contribution in [-0.2, 0) is 0 Å². The van der Waals surface area contributed by atoms with Crippen LogP contribution in [0.2, 0.25) is 5.02 Å². The summed E-state index contributed by atoms with van der Waals surface area (Å²) in [4.78, 5) is 4.23. The molecule has 1 aromatic rings. The van der Waals surface area contributed by atoms with Crippen molar-refractivity contribution in [2.45, 2.75) is 31.2 Å². The van der Waals surface area contributed by atoms with E-state index in [1.807, 2.05) is 12.1 Å². The number of halogens is 1. The monoisotopic (exact) mass is 258 g/mol. The van der Waals surface area contributed by atoms with Crippen molar-refractivity contribution in [3.63, 3.8) is 0 Å². The van der Waals surface area contributed by atoms with Crippen LogP contribution >= 0.6 is 23.4 Å². The van der Waals surface area contributed by atoms with Gasteiger partial charge in [0.2, 0.25) is 0 Å². The summed E-state index contributed by atoms with van der Waals surface area (Å²) in [5.74, 6) is 1.06. The lowest BCUT2D eigenvalue weighted by Gasteiger charge is -2.03. The maximum absolute atomic E-state index is 5.76. The highest BCUT2D eigenvalue weighted by molar-refractivity contribution is 7.99. The van der Waals surface area contributed by atoms with Gasteiger partial charge >= 0.3 is 0 Å². The molecule has 0 fully saturated rings. The Morgan fingerprint density at radius 3 is 2.88 bits per heavy atom. The van der Waals surface area contributed by atoms with E-state index in [4.69, 9.17) is 11.6 Å². The third-order valence-corrected chi connectivity index (χ3v) is 3.36. The summed E-state index contributed by atoms with van der Waals surface area (Å²) < 4.78 is 0. The van der Waals surface area contributed by atoms with Crippen molar-refractivity contribution in [3.05, 3.63) is 23.4 Å². The van der Waals surface area contributed by atoms with E-state index in [9.17, 15) is 0 Å². The zero-order chi connectivity index (χ0) is 11.6. The number of unbranched alkanes of at least 4 members (excludes halogenated alkanes) is 2. The predicted octanol–water partition coefficient (Wildman–Crippen LogP) is 3.61. The van der Waals surface area contributed by atoms with Gasteiger partial charge in [-0.25, -0.2) is 4.98 Å². The highest BCUT2D eigenvalue weighted by Crippen LogP contribution is 2.16. The van der Waals surface area contributed by atoms with Gasteiger partial charge in [0.25, 0.3) is 0 Å². The number of thioether (sulfide) groups is 1. The van der Waals surface area contributed by atoms with E-state index in [0.29, 0.717) is 5.02 Å². The van der Waals surface area contributed by atoms with Crippen molar-refractivity contribution in [2.75, 3.05) is 18.8 Å². The lowest BCUT2D eigenvalue weighted by molar-refractivity contribution is 0.636. The van der Waals surface area contributed by atoms with Crippen LogP contribution < -0.4 is 5.32 Å². The Bertz CT molecular complexity index is 277. The van der Waals surface area contributed by atoms with Crippen molar-refractivity contribution in [3.8, 4) is 0 Å². The van der Waals surface area contributed by atoms with Gasteiger partial charge < -0.3 is 5.32 Å². The van der Waals surface area contributed by atoms with E-state index in [1.54, 1.807) is 18.0 Å². The molecule has 2 nitrogen and oxygen atoms in total. The van der Waals surface area contributed by atoms with Gasteiger partial charge in [-0.15, -0.1) is 11.8 Å². The smallest absolute Gasteiger partial charge is 0.0961 e. The molecule has 0 unspecified atom stereocenters. The minimum atomic E-state index is 0.696. The normalized spacial score (nSPS) is 10.6. The van der Waals surface area contributed by atoms with Crippen LogP contribution in [0.15, 0.2) is 23.4 Å². The van der Waals surface area contributed by atoms with Crippen molar-refractivity contribution in [2.24, 2.45) is 0 Å². The molecule has 0 radical (unpaired) electrons. The molecule has 0 saturated carbocycles. The number of aromatic nitrogens is 1. The van der Waals surface area contributed by atoms with Gasteiger partial charge in [-0.3, -0.25) is 0 Å². The number of hydrogen-bond acceptors (Lipinski definition) is 3. The Labute approximate surface area is 107 Å². The maximum Gasteiger partial charge on any atom is 0.0961 e. The zero-order valence-corrected chi connectivity index (χ0v) is 11.3. The highest BCUT2D eigenvalue weighted by Gasteiger charge is 1.95. The summed E-state index contributed by atoms with van der Waals surface area (Å²) in [6, 6.07) is 3.84. The van der Waals surface area contributed by atoms with E-state index in [0.717, 1.165) is 23.9 Å². The molecule has 0 spiro atoms. The lowest BCUT2D eigenvalue weighted by atomic mass is 10.2. The van der Waals surface area contributed by atoms with Crippen LogP contribution in [0.4, 0.5) is 0 Å². The first-order valence-corrected chi connectivity index (χ1v) is 7.14. The average Bonchev–Trinajstić information content (AvgIpc) is 2.30. The molecule has 4 heteroatoms. The molecule has 1 aromatic heterocycles. The minimum Gasteiger partial charge on any atom is -0.316 e. The molecular formula is C12H19ClN2S. The number of rotatable bonds is 8. The third-order valence-electron chi connectivity index (χ3n) is 2.19. The van der Waals surface area contributed by atoms with Crippen LogP contribution in [0.3, 0.4) is 0 Å². The standard InChI is InChI=1S/C12H19ClN2S/c1-2-3-4-7-14-8-9-16-12-6-5-11(13)10-15-12/h5-6,10,14H,2-4,7-9H2,1H3. The van der Waals surface area contributed by atoms with Crippen molar-refractivity contribution < 1.29 is 0 Å². The molecule has 0 bridgehead atoms. The quantitative estimate of drug-likeness (QED) is 0.570. The van der Waals surface area contributed by atoms with Gasteiger partial charge in [-0.2, -0.15) is 0 Å². The van der Waals surface area contributed by atoms with E-state index in [1.165, 1.54) is 19.3 Å². The Kier molecular flexibility index (Phi) is 7.64. The molecule has 90 valence electrons. The van der Waals surface area contributed by atoms with Gasteiger partial charge in [0.15, 0.2) is 0 Å². The molecule has 1 heterocycles. The molecule has 0 aliphatic carbocycles. The third kappa shape index (κ3) is 6.36. The van der Waals surface area contributed by atoms with Crippen LogP contribution in [0.1, 0.15) is 26.2 Å². The fourth-order valence-electron chi connectivity index (χ4n) is 1.30. The zero-order valence-electron chi connectivity index (χ0n) is 9.71. The summed E-state index contributed by atoms with van der Waals surface area (Å²) in [6.45, 7) is 4.39. The first-order chi connectivity index (χ1) is 7.83. The van der Waals surface area contributed by atoms with E-state index in [-0.39, 0.29) is 0 Å². The summed E-state index contributed by atoms with van der Waals surface area (Å²) in [5, 5.41) is 5.16. The molecule has 0 aromatic carbocycles. The van der Waals surface area contributed by atoms with Crippen molar-refractivity contribution in [1.29, 1.82) is 0 Å². The van der Waals surface area contributed by atoms with Crippen LogP contribution in [0, 0.1) is 0 Å². The number of hydrogen-bond donors (Lipinski definition) is 1. The minimum absolute atomic E-state index is 0.696. The molecule has 0 atom stereocenters. The fourth-order valence-corrected chi connectivity index (χ4v) is 2.16. The first kappa shape index (κ1) is 13.8. The van der Waals surface area contributed by atoms with Gasteiger partial charge in [0.05, 0.1) is 10.0 Å². The Morgan fingerprint density at radius 2 is 2.19 bits per heavy atom. The number of pyridine rings is 1. The largest absolute Gasteiger partial charge is 0.316 e. The maximum atomic E-state index is 5.76. The lowest BCUT2D eigenvalue weighted by Crippen LogP contribution is -2.18. The highest BCUT2D eigenvalue weighted by atomic mass is 35.5. The summed E-state index contributed by atoms with van der Waals surface area (Å²) in [6.07, 6.45) is 5.57. The number of nitrogens with one attached hydrogen (secondary N) is 1. The van der Waals surface area contributed by atoms with Gasteiger partial charge in [0.1, 0.15) is 0 Å². The van der Waals surface area contributed by atoms with Crippen molar-refractivity contribution >= 4 is 23.4 Å². The Morgan fingerprint density at radius 1 is 1.31 bits per heavy atom. The Balaban J connectivity index is 2.01. The fraction of sp³-hybridized carbons (Fsp3) is 0.583. The molecular weight excluding hydrogens is 240 g/mol. The molecule has 0 aliphatic rings. The molecule has 0 amide bonds. The number of nitrogens with zero attached hydrogens (tertiary/aromatic N) is 1. The molecule has 1 rings (SSSR count). The molecule has 1 N–H and O–H groups in total. The topological polar surface area (TPSA) is 24.9 Å². The van der Waals surface area contributed by atoms with Crippen LogP contribution in [-0.4, -0.2) is 23.8 Å². The predicted molar refractivity (Wildman–Crippen MR) is 72.4 cm³/mol. The van der Waals surface area contributed by atoms with Crippen molar-refractivity contribution in [1.82, 2.24) is 10.3 Å². The average molecular weight is 259 g/mol. The summed E-state index contributed by atoms with van der Waals surface area (Å²) in [7, 11) is 0. The molecule has 0 saturated heterocycles. The second-order valence-electron chi connectivity index (χ2n) is 3.62. The van der Waals surface area contributed by atoms with E-state index >= 15 is 0 Å². The van der Waals surface area contributed by atoms with E-state index < -0.39 is 0 Å². The molecule has 16 heavy (non-hydrogen) atoms. The Hall–Kier alpha value is -0.250. The SMILES string of the molecule is CCCCCNCCSc1ccc(Cl)cn1. The van der Waals surface area contributed by atoms with Gasteiger partial charge in [-0.1, -0.05) is 31.4 Å². The van der Waals surface area contributed by atoms with Crippen LogP contribution in [0.25, 0.3) is 0 Å². The second-order valence-corrected chi connectivity index (χ2v) is 5.17. The van der Waals surface area contributed by atoms with Gasteiger partial charge in [-0.05, 0) is 25.1 Å². The summed E-state index contributed by atoms with van der Waals surface area (Å²) in [5.41, 5.74) is 0. The second kappa shape index (κ2) is 8.85. The summed E-state index contributed by atoms with van der Waals surface area (Å²) >= 11 is 7.52. The first-order valence-electron chi connectivity index (χ1n) is 5.78.